The summed E-state index contributed by atoms with van der Waals surface area (Å²) in [5.74, 6) is -0.431. The second-order valence-corrected chi connectivity index (χ2v) is 9.13. The first-order chi connectivity index (χ1) is 17.4. The van der Waals surface area contributed by atoms with Gasteiger partial charge in [0.2, 0.25) is 5.88 Å². The van der Waals surface area contributed by atoms with Gasteiger partial charge in [0.15, 0.2) is 0 Å². The van der Waals surface area contributed by atoms with Crippen LogP contribution in [0, 0.1) is 5.92 Å². The van der Waals surface area contributed by atoms with Crippen LogP contribution in [0.3, 0.4) is 0 Å². The van der Waals surface area contributed by atoms with Gasteiger partial charge in [0, 0.05) is 31.4 Å². The van der Waals surface area contributed by atoms with Crippen molar-refractivity contribution in [3.8, 4) is 5.88 Å². The summed E-state index contributed by atoms with van der Waals surface area (Å²) in [4.78, 5) is 33.4. The Morgan fingerprint density at radius 1 is 1.35 bits per heavy atom. The quantitative estimate of drug-likeness (QED) is 0.584. The monoisotopic (exact) mass is 520 g/mol. The molecule has 1 aliphatic heterocycles. The molecule has 3 rings (SSSR count). The van der Waals surface area contributed by atoms with Crippen LogP contribution in [-0.4, -0.2) is 70.7 Å². The third-order valence-corrected chi connectivity index (χ3v) is 6.17. The maximum atomic E-state index is 13.3. The van der Waals surface area contributed by atoms with Crippen LogP contribution in [0.5, 0.6) is 5.88 Å². The number of carbonyl (C=O) groups excluding carboxylic acids is 2. The Kier molecular flexibility index (Phi) is 8.80. The molecule has 8 nitrogen and oxygen atoms in total. The average molecular weight is 521 g/mol. The van der Waals surface area contributed by atoms with Gasteiger partial charge in [-0.15, -0.1) is 0 Å². The predicted octanol–water partition coefficient (Wildman–Crippen LogP) is 4.52. The van der Waals surface area contributed by atoms with Gasteiger partial charge in [-0.1, -0.05) is 19.1 Å². The maximum absolute atomic E-state index is 13.3. The number of hydrogen-bond acceptors (Lipinski definition) is 5. The van der Waals surface area contributed by atoms with Gasteiger partial charge in [-0.25, -0.2) is 9.78 Å². The molecule has 1 aromatic carbocycles. The van der Waals surface area contributed by atoms with Crippen molar-refractivity contribution in [1.29, 1.82) is 0 Å². The van der Waals surface area contributed by atoms with Crippen LogP contribution in [-0.2, 0) is 6.18 Å². The molecule has 11 heteroatoms. The number of anilines is 1. The predicted molar refractivity (Wildman–Crippen MR) is 133 cm³/mol. The van der Waals surface area contributed by atoms with Crippen LogP contribution in [0.4, 0.5) is 23.7 Å². The van der Waals surface area contributed by atoms with Crippen LogP contribution in [0.2, 0.25) is 0 Å². The highest BCUT2D eigenvalue weighted by molar-refractivity contribution is 5.97. The molecule has 0 saturated carbocycles. The molecule has 0 spiro atoms. The van der Waals surface area contributed by atoms with Crippen LogP contribution < -0.4 is 10.1 Å². The Morgan fingerprint density at radius 2 is 2.03 bits per heavy atom. The van der Waals surface area contributed by atoms with E-state index in [4.69, 9.17) is 4.74 Å². The van der Waals surface area contributed by atoms with Gasteiger partial charge in [-0.2, -0.15) is 13.2 Å². The fourth-order valence-corrected chi connectivity index (χ4v) is 3.93. The van der Waals surface area contributed by atoms with Crippen LogP contribution in [0.15, 0.2) is 42.6 Å². The number of carbonyl (C=O) groups is 2. The second kappa shape index (κ2) is 11.6. The van der Waals surface area contributed by atoms with Gasteiger partial charge < -0.3 is 25.0 Å². The second-order valence-electron chi connectivity index (χ2n) is 9.13. The van der Waals surface area contributed by atoms with Gasteiger partial charge in [-0.3, -0.25) is 4.79 Å². The molecule has 200 valence electrons. The number of amides is 3. The van der Waals surface area contributed by atoms with Gasteiger partial charge in [0.25, 0.3) is 5.91 Å². The summed E-state index contributed by atoms with van der Waals surface area (Å²) in [7, 11) is 1.54. The lowest BCUT2D eigenvalue weighted by molar-refractivity contribution is -0.137. The number of halogens is 3. The number of aromatic nitrogens is 1. The number of rotatable bonds is 6. The first-order valence-electron chi connectivity index (χ1n) is 11.8. The summed E-state index contributed by atoms with van der Waals surface area (Å²) in [6.07, 6.45) is 0.172. The highest BCUT2D eigenvalue weighted by atomic mass is 19.4. The Hall–Kier alpha value is -3.60. The molecular weight excluding hydrogens is 489 g/mol. The number of urea groups is 1. The molecule has 1 aromatic heterocycles. The fraction of sp³-hybridized carbons (Fsp3) is 0.423. The van der Waals surface area contributed by atoms with E-state index in [1.165, 1.54) is 24.1 Å². The lowest BCUT2D eigenvalue weighted by Gasteiger charge is -2.37. The van der Waals surface area contributed by atoms with E-state index in [2.05, 4.69) is 10.3 Å². The smallest absolute Gasteiger partial charge is 0.416 e. The highest BCUT2D eigenvalue weighted by Gasteiger charge is 2.35. The summed E-state index contributed by atoms with van der Waals surface area (Å²) in [5, 5.41) is 12.3. The molecule has 3 amide bonds. The van der Waals surface area contributed by atoms with Crippen molar-refractivity contribution < 1.29 is 32.6 Å². The number of alkyl halides is 3. The van der Waals surface area contributed by atoms with Gasteiger partial charge in [0.1, 0.15) is 11.7 Å². The van der Waals surface area contributed by atoms with Crippen molar-refractivity contribution in [2.45, 2.75) is 39.1 Å². The molecule has 0 saturated heterocycles. The average Bonchev–Trinajstić information content (AvgIpc) is 2.85. The molecular formula is C26H31F3N4O4. The van der Waals surface area contributed by atoms with E-state index in [0.717, 1.165) is 12.1 Å². The van der Waals surface area contributed by atoms with Crippen molar-refractivity contribution in [3.05, 3.63) is 59.3 Å². The van der Waals surface area contributed by atoms with E-state index < -0.39 is 29.9 Å². The van der Waals surface area contributed by atoms with Crippen LogP contribution >= 0.6 is 0 Å². The molecule has 1 aliphatic rings. The lowest BCUT2D eigenvalue weighted by Crippen LogP contribution is -2.50. The lowest BCUT2D eigenvalue weighted by atomic mass is 10.00. The molecule has 0 radical (unpaired) electrons. The van der Waals surface area contributed by atoms with Gasteiger partial charge in [-0.05, 0) is 49.7 Å². The molecule has 2 heterocycles. The fourth-order valence-electron chi connectivity index (χ4n) is 3.93. The number of nitrogens with one attached hydrogen (secondary N) is 1. The van der Waals surface area contributed by atoms with E-state index in [0.29, 0.717) is 5.56 Å². The van der Waals surface area contributed by atoms with Crippen molar-refractivity contribution in [1.82, 2.24) is 14.8 Å². The topological polar surface area (TPSA) is 95.0 Å². The Morgan fingerprint density at radius 3 is 2.62 bits per heavy atom. The molecule has 3 atom stereocenters. The normalized spacial score (nSPS) is 19.0. The minimum Gasteiger partial charge on any atom is -0.472 e. The summed E-state index contributed by atoms with van der Waals surface area (Å²) >= 11 is 0. The molecule has 37 heavy (non-hydrogen) atoms. The van der Waals surface area contributed by atoms with Crippen molar-refractivity contribution in [2.75, 3.05) is 32.1 Å². The number of nitrogens with zero attached hydrogens (tertiary/aromatic N) is 3. The molecule has 0 bridgehead atoms. The third kappa shape index (κ3) is 6.79. The van der Waals surface area contributed by atoms with Crippen LogP contribution in [0.1, 0.15) is 42.3 Å². The largest absolute Gasteiger partial charge is 0.472 e. The number of pyridine rings is 1. The van der Waals surface area contributed by atoms with E-state index in [1.807, 2.05) is 19.9 Å². The number of benzene rings is 1. The zero-order valence-electron chi connectivity index (χ0n) is 21.1. The van der Waals surface area contributed by atoms with E-state index in [-0.39, 0.29) is 48.7 Å². The molecule has 2 aromatic rings. The Bertz CT molecular complexity index is 1140. The zero-order valence-corrected chi connectivity index (χ0v) is 21.1. The number of likely N-dealkylation sites (N-methyl/N-ethyl adjacent to an activating group) is 1. The van der Waals surface area contributed by atoms with Gasteiger partial charge in [0.05, 0.1) is 24.8 Å². The van der Waals surface area contributed by atoms with Crippen molar-refractivity contribution in [3.63, 3.8) is 0 Å². The van der Waals surface area contributed by atoms with Crippen LogP contribution in [0.25, 0.3) is 6.08 Å². The van der Waals surface area contributed by atoms with E-state index in [1.54, 1.807) is 30.2 Å². The summed E-state index contributed by atoms with van der Waals surface area (Å²) in [6.45, 7) is 5.62. The summed E-state index contributed by atoms with van der Waals surface area (Å²) in [5.41, 5.74) is 0.377. The van der Waals surface area contributed by atoms with Crippen molar-refractivity contribution in [2.24, 2.45) is 5.92 Å². The standard InChI is InChI=1S/C26H31F3N4O4/c1-5-6-18-11-21-23(30-12-18)37-22(16(2)13-33(24(21)35)17(3)15-34)14-32(4)25(36)31-20-9-7-19(8-10-20)26(27,28)29/h5-12,16-17,22,34H,13-15H2,1-4H3,(H,31,36)/b6-5+/t16-,17+,22-/m1/s1. The number of aliphatic hydroxyl groups excluding tert-OH is 1. The SMILES string of the molecule is C/C=C/c1cnc2c(c1)C(=O)N([C@@H](C)CO)C[C@@H](C)[C@@H](CN(C)C(=O)Nc1ccc(C(F)(F)F)cc1)O2. The first-order valence-corrected chi connectivity index (χ1v) is 11.8. The highest BCUT2D eigenvalue weighted by Crippen LogP contribution is 2.30. The number of hydrogen-bond donors (Lipinski definition) is 2. The minimum atomic E-state index is -4.47. The van der Waals surface area contributed by atoms with E-state index in [9.17, 15) is 27.9 Å². The van der Waals surface area contributed by atoms with Crippen molar-refractivity contribution >= 4 is 23.7 Å². The van der Waals surface area contributed by atoms with Gasteiger partial charge >= 0.3 is 12.2 Å². The first kappa shape index (κ1) is 28.0. The number of fused-ring (bicyclic) bond motifs is 1. The Labute approximate surface area is 213 Å². The number of aliphatic hydroxyl groups is 1. The third-order valence-electron chi connectivity index (χ3n) is 6.17. The summed E-state index contributed by atoms with van der Waals surface area (Å²) < 4.78 is 44.6. The minimum absolute atomic E-state index is 0.112. The summed E-state index contributed by atoms with van der Waals surface area (Å²) in [6, 6.07) is 4.86. The maximum Gasteiger partial charge on any atom is 0.416 e. The number of ether oxygens (including phenoxy) is 1. The molecule has 0 unspecified atom stereocenters. The molecule has 2 N–H and O–H groups in total. The molecule has 0 aliphatic carbocycles. The Balaban J connectivity index is 1.81. The number of allylic oxidation sites excluding steroid dienone is 1. The molecule has 0 fully saturated rings. The van der Waals surface area contributed by atoms with E-state index >= 15 is 0 Å². The zero-order chi connectivity index (χ0) is 27.3.